The molecule has 0 spiro atoms. The Balaban J connectivity index is 1.18. The fraction of sp³-hybridized carbons (Fsp3) is 0.474. The number of rotatable bonds is 12. The number of alkyl carbamates (subject to hydrolysis) is 2. The predicted molar refractivity (Wildman–Crippen MR) is 196 cm³/mol. The second kappa shape index (κ2) is 17.2. The van der Waals surface area contributed by atoms with E-state index in [1.807, 2.05) is 76.3 Å². The zero-order valence-corrected chi connectivity index (χ0v) is 30.7. The van der Waals surface area contributed by atoms with Crippen molar-refractivity contribution in [1.29, 1.82) is 0 Å². The van der Waals surface area contributed by atoms with Crippen molar-refractivity contribution in [2.75, 3.05) is 27.3 Å². The Bertz CT molecular complexity index is 1760. The standard InChI is InChI=1S/C38H50N8O6/c1-23(2)31(43-37(49)51-5)35(47)45-19-9-13-29(45)33-39-21-27(41-33)12-8-7-11-25-15-17-26(18-16-25)28-22-40-34(42-28)30-14-10-20-46(30)36(48)32(24(3)4)44-38(50)52-6/h7-8,11-12,15-18,21-24,29-32H,9-10,13-14,19-20H2,1-6H3,(H,39,41)(H,40,42)(H,43,49)(H,44,50)/t29-,30-,31+,32+/m1/s1. The van der Waals surface area contributed by atoms with Crippen LogP contribution in [0.2, 0.25) is 0 Å². The van der Waals surface area contributed by atoms with Gasteiger partial charge < -0.3 is 39.9 Å². The van der Waals surface area contributed by atoms with Gasteiger partial charge in [-0.15, -0.1) is 0 Å². The summed E-state index contributed by atoms with van der Waals surface area (Å²) in [6, 6.07) is 6.34. The Hall–Kier alpha value is -5.40. The molecule has 4 N–H and O–H groups in total. The lowest BCUT2D eigenvalue weighted by Crippen LogP contribution is -2.51. The highest BCUT2D eigenvalue weighted by molar-refractivity contribution is 5.87. The first-order valence-electron chi connectivity index (χ1n) is 17.9. The molecule has 0 unspecified atom stereocenters. The van der Waals surface area contributed by atoms with Gasteiger partial charge in [-0.05, 0) is 54.7 Å². The number of H-pyrrole nitrogens is 2. The Morgan fingerprint density at radius 1 is 0.750 bits per heavy atom. The molecule has 0 bridgehead atoms. The normalized spacial score (nSPS) is 18.8. The van der Waals surface area contributed by atoms with Crippen molar-refractivity contribution in [2.24, 2.45) is 11.8 Å². The summed E-state index contributed by atoms with van der Waals surface area (Å²) in [6.45, 7) is 8.77. The van der Waals surface area contributed by atoms with Crippen molar-refractivity contribution in [3.8, 4) is 11.3 Å². The molecule has 14 nitrogen and oxygen atoms in total. The topological polar surface area (TPSA) is 175 Å². The van der Waals surface area contributed by atoms with Crippen LogP contribution >= 0.6 is 0 Å². The quantitative estimate of drug-likeness (QED) is 0.175. The number of amides is 4. The second-order valence-electron chi connectivity index (χ2n) is 13.8. The molecule has 4 amide bonds. The number of nitrogens with zero attached hydrogens (tertiary/aromatic N) is 4. The minimum atomic E-state index is -0.683. The zero-order chi connectivity index (χ0) is 37.4. The average Bonchev–Trinajstić information content (AvgIpc) is 3.97. The largest absolute Gasteiger partial charge is 0.453 e. The molecule has 2 aliphatic rings. The van der Waals surface area contributed by atoms with E-state index in [9.17, 15) is 19.2 Å². The fourth-order valence-electron chi connectivity index (χ4n) is 6.74. The van der Waals surface area contributed by atoms with E-state index in [2.05, 4.69) is 30.6 Å². The summed E-state index contributed by atoms with van der Waals surface area (Å²) in [7, 11) is 2.57. The molecule has 2 aliphatic heterocycles. The van der Waals surface area contributed by atoms with Crippen LogP contribution in [0.5, 0.6) is 0 Å². The first-order valence-corrected chi connectivity index (χ1v) is 17.9. The van der Waals surface area contributed by atoms with Gasteiger partial charge in [0.25, 0.3) is 0 Å². The van der Waals surface area contributed by atoms with Crippen LogP contribution in [-0.4, -0.2) is 93.1 Å². The number of carbonyl (C=O) groups excluding carboxylic acids is 4. The fourth-order valence-corrected chi connectivity index (χ4v) is 6.74. The number of carbonyl (C=O) groups is 4. The van der Waals surface area contributed by atoms with E-state index in [0.29, 0.717) is 13.1 Å². The SMILES string of the molecule is COC(=O)N[C@H](C(=O)N1CCC[C@@H]1c1ncc(C=CC=Cc2ccc(-c3cnc([C@H]4CCCN4C(=O)[C@@H](NC(=O)OC)C(C)C)[nH]3)cc2)[nH]1)C(C)C. The van der Waals surface area contributed by atoms with Gasteiger partial charge in [0, 0.05) is 13.1 Å². The molecule has 2 saturated heterocycles. The van der Waals surface area contributed by atoms with Crippen LogP contribution in [0, 0.1) is 11.8 Å². The van der Waals surface area contributed by atoms with Crippen LogP contribution in [0.3, 0.4) is 0 Å². The summed E-state index contributed by atoms with van der Waals surface area (Å²) < 4.78 is 9.46. The summed E-state index contributed by atoms with van der Waals surface area (Å²) in [5.41, 5.74) is 3.67. The van der Waals surface area contributed by atoms with Gasteiger partial charge in [0.15, 0.2) is 0 Å². The van der Waals surface area contributed by atoms with Gasteiger partial charge in [0.1, 0.15) is 23.7 Å². The van der Waals surface area contributed by atoms with Crippen LogP contribution < -0.4 is 10.6 Å². The van der Waals surface area contributed by atoms with Crippen molar-refractivity contribution >= 4 is 36.2 Å². The summed E-state index contributed by atoms with van der Waals surface area (Å²) in [6.07, 6.45) is 13.4. The van der Waals surface area contributed by atoms with Crippen molar-refractivity contribution in [2.45, 2.75) is 77.5 Å². The minimum absolute atomic E-state index is 0.0984. The number of allylic oxidation sites excluding steroid dienone is 2. The summed E-state index contributed by atoms with van der Waals surface area (Å²) in [5, 5.41) is 5.36. The number of ether oxygens (including phenoxy) is 2. The molecule has 4 atom stereocenters. The van der Waals surface area contributed by atoms with E-state index in [1.165, 1.54) is 14.2 Å². The van der Waals surface area contributed by atoms with Crippen LogP contribution in [-0.2, 0) is 19.1 Å². The summed E-state index contributed by atoms with van der Waals surface area (Å²) in [4.78, 5) is 70.2. The molecule has 3 aromatic rings. The lowest BCUT2D eigenvalue weighted by Gasteiger charge is -2.30. The number of aromatic amines is 2. The van der Waals surface area contributed by atoms with Crippen LogP contribution in [0.25, 0.3) is 23.4 Å². The van der Waals surface area contributed by atoms with Gasteiger partial charge in [-0.3, -0.25) is 9.59 Å². The number of nitrogens with one attached hydrogen (secondary N) is 4. The molecule has 0 aliphatic carbocycles. The first-order chi connectivity index (χ1) is 25.0. The van der Waals surface area contributed by atoms with E-state index in [4.69, 9.17) is 9.47 Å². The number of hydrogen-bond acceptors (Lipinski definition) is 8. The summed E-state index contributed by atoms with van der Waals surface area (Å²) >= 11 is 0. The van der Waals surface area contributed by atoms with Gasteiger partial charge in [0.2, 0.25) is 11.8 Å². The Labute approximate surface area is 304 Å². The smallest absolute Gasteiger partial charge is 0.407 e. The highest BCUT2D eigenvalue weighted by Crippen LogP contribution is 2.33. The lowest BCUT2D eigenvalue weighted by atomic mass is 10.0. The van der Waals surface area contributed by atoms with Gasteiger partial charge in [-0.1, -0.05) is 70.2 Å². The molecule has 14 heteroatoms. The van der Waals surface area contributed by atoms with E-state index < -0.39 is 24.3 Å². The zero-order valence-electron chi connectivity index (χ0n) is 30.7. The molecule has 0 saturated carbocycles. The van der Waals surface area contributed by atoms with Crippen LogP contribution in [0.4, 0.5) is 9.59 Å². The van der Waals surface area contributed by atoms with E-state index >= 15 is 0 Å². The monoisotopic (exact) mass is 714 g/mol. The van der Waals surface area contributed by atoms with E-state index in [1.54, 1.807) is 22.2 Å². The third-order valence-corrected chi connectivity index (χ3v) is 9.59. The molecule has 4 heterocycles. The molecule has 2 fully saturated rings. The van der Waals surface area contributed by atoms with Crippen molar-refractivity contribution in [1.82, 2.24) is 40.4 Å². The molecule has 2 aromatic heterocycles. The molecule has 278 valence electrons. The van der Waals surface area contributed by atoms with Crippen molar-refractivity contribution in [3.05, 3.63) is 71.7 Å². The maximum absolute atomic E-state index is 13.5. The first kappa shape index (κ1) is 37.8. The Morgan fingerprint density at radius 2 is 1.25 bits per heavy atom. The molecular formula is C38H50N8O6. The second-order valence-corrected chi connectivity index (χ2v) is 13.8. The van der Waals surface area contributed by atoms with E-state index in [-0.39, 0.29) is 35.7 Å². The maximum Gasteiger partial charge on any atom is 0.407 e. The van der Waals surface area contributed by atoms with Gasteiger partial charge in [0.05, 0.1) is 50.1 Å². The predicted octanol–water partition coefficient (Wildman–Crippen LogP) is 5.61. The Morgan fingerprint density at radius 3 is 1.77 bits per heavy atom. The Kier molecular flexibility index (Phi) is 12.5. The number of aromatic nitrogens is 4. The van der Waals surface area contributed by atoms with Crippen molar-refractivity contribution < 1.29 is 28.7 Å². The number of likely N-dealkylation sites (tertiary alicyclic amines) is 2. The number of hydrogen-bond donors (Lipinski definition) is 4. The molecule has 5 rings (SSSR count). The van der Waals surface area contributed by atoms with Crippen molar-refractivity contribution in [3.63, 3.8) is 0 Å². The third-order valence-electron chi connectivity index (χ3n) is 9.59. The van der Waals surface area contributed by atoms with Gasteiger partial charge in [-0.2, -0.15) is 0 Å². The third kappa shape index (κ3) is 8.90. The average molecular weight is 715 g/mol. The highest BCUT2D eigenvalue weighted by Gasteiger charge is 2.38. The molecule has 52 heavy (non-hydrogen) atoms. The summed E-state index contributed by atoms with van der Waals surface area (Å²) in [5.74, 6) is 0.958. The van der Waals surface area contributed by atoms with E-state index in [0.717, 1.165) is 59.8 Å². The van der Waals surface area contributed by atoms with Crippen LogP contribution in [0.15, 0.2) is 48.8 Å². The van der Waals surface area contributed by atoms with Crippen LogP contribution in [0.1, 0.15) is 88.4 Å². The number of imidazole rings is 2. The molecule has 1 aromatic carbocycles. The number of benzene rings is 1. The number of methoxy groups -OCH3 is 2. The molecule has 0 radical (unpaired) electrons. The lowest BCUT2D eigenvalue weighted by molar-refractivity contribution is -0.136. The van der Waals surface area contributed by atoms with Gasteiger partial charge in [-0.25, -0.2) is 19.6 Å². The maximum atomic E-state index is 13.5. The minimum Gasteiger partial charge on any atom is -0.453 e. The molecular weight excluding hydrogens is 664 g/mol. The highest BCUT2D eigenvalue weighted by atomic mass is 16.5. The van der Waals surface area contributed by atoms with Gasteiger partial charge >= 0.3 is 12.2 Å².